The fourth-order valence-corrected chi connectivity index (χ4v) is 13.8. The van der Waals surface area contributed by atoms with Crippen LogP contribution in [0.3, 0.4) is 0 Å². The fraction of sp³-hybridized carbons (Fsp3) is 0.235. The zero-order chi connectivity index (χ0) is 47.6. The Kier molecular flexibility index (Phi) is 7.77. The number of hydrogen-bond acceptors (Lipinski definition) is 0. The largest absolute Gasteiger partial charge is 0.340 e. The van der Waals surface area contributed by atoms with Crippen molar-refractivity contribution in [3.63, 3.8) is 0 Å². The fourth-order valence-electron chi connectivity index (χ4n) is 13.8. The number of benzene rings is 13. The molecular formula is C68H58N2. The summed E-state index contributed by atoms with van der Waals surface area (Å²) in [6, 6.07) is 53.3. The predicted molar refractivity (Wildman–Crippen MR) is 306 cm³/mol. The van der Waals surface area contributed by atoms with Crippen molar-refractivity contribution in [2.75, 3.05) is 0 Å². The number of rotatable bonds is 6. The zero-order valence-electron chi connectivity index (χ0n) is 42.2. The van der Waals surface area contributed by atoms with Crippen molar-refractivity contribution in [1.29, 1.82) is 0 Å². The van der Waals surface area contributed by atoms with Crippen molar-refractivity contribution in [3.05, 3.63) is 145 Å². The maximum atomic E-state index is 2.71. The first-order chi connectivity index (χ1) is 33.7. The van der Waals surface area contributed by atoms with Crippen molar-refractivity contribution in [3.8, 4) is 22.3 Å². The van der Waals surface area contributed by atoms with Gasteiger partial charge in [0.1, 0.15) is 0 Å². The van der Waals surface area contributed by atoms with E-state index < -0.39 is 0 Å². The number of fused-ring (bicyclic) bond motifs is 4. The molecule has 0 radical (unpaired) electrons. The molecule has 0 unspecified atom stereocenters. The van der Waals surface area contributed by atoms with Gasteiger partial charge in [-0.15, -0.1) is 0 Å². The first kappa shape index (κ1) is 40.7. The Labute approximate surface area is 408 Å². The van der Waals surface area contributed by atoms with Crippen LogP contribution in [0.15, 0.2) is 133 Å². The summed E-state index contributed by atoms with van der Waals surface area (Å²) >= 11 is 0. The van der Waals surface area contributed by atoms with Gasteiger partial charge in [-0.3, -0.25) is 0 Å². The van der Waals surface area contributed by atoms with Gasteiger partial charge in [-0.2, -0.15) is 0 Å². The van der Waals surface area contributed by atoms with Gasteiger partial charge in [0, 0.05) is 56.2 Å². The Bertz CT molecular complexity index is 4310. The average Bonchev–Trinajstić information content (AvgIpc) is 3.82. The van der Waals surface area contributed by atoms with E-state index in [1.807, 2.05) is 0 Å². The molecule has 0 saturated carbocycles. The minimum Gasteiger partial charge on any atom is -0.340 e. The van der Waals surface area contributed by atoms with Crippen LogP contribution in [-0.2, 0) is 23.9 Å². The van der Waals surface area contributed by atoms with E-state index >= 15 is 0 Å². The molecule has 340 valence electrons. The van der Waals surface area contributed by atoms with Crippen LogP contribution in [0.25, 0.3) is 152 Å². The van der Waals surface area contributed by atoms with Gasteiger partial charge in [-0.05, 0) is 145 Å². The minimum atomic E-state index is 0.0940. The maximum Gasteiger partial charge on any atom is 0.0504 e. The van der Waals surface area contributed by atoms with Crippen LogP contribution in [0.2, 0.25) is 0 Å². The van der Waals surface area contributed by atoms with Gasteiger partial charge in [0.2, 0.25) is 0 Å². The smallest absolute Gasteiger partial charge is 0.0504 e. The molecule has 0 spiro atoms. The van der Waals surface area contributed by atoms with E-state index in [-0.39, 0.29) is 10.8 Å². The molecule has 0 saturated heterocycles. The van der Waals surface area contributed by atoms with Crippen molar-refractivity contribution in [1.82, 2.24) is 9.13 Å². The van der Waals surface area contributed by atoms with Crippen LogP contribution in [0, 0.1) is 11.8 Å². The summed E-state index contributed by atoms with van der Waals surface area (Å²) in [7, 11) is 0. The van der Waals surface area contributed by atoms with Crippen LogP contribution in [0.1, 0.15) is 80.4 Å². The maximum absolute atomic E-state index is 2.71. The van der Waals surface area contributed by atoms with Gasteiger partial charge in [-0.25, -0.2) is 0 Å². The summed E-state index contributed by atoms with van der Waals surface area (Å²) in [6.07, 6.45) is 0. The molecule has 2 aromatic heterocycles. The molecule has 0 amide bonds. The molecule has 0 aliphatic rings. The van der Waals surface area contributed by atoms with E-state index in [2.05, 4.69) is 212 Å². The summed E-state index contributed by atoms with van der Waals surface area (Å²) in [4.78, 5) is 0. The number of aromatic nitrogens is 2. The first-order valence-electron chi connectivity index (χ1n) is 25.9. The Morgan fingerprint density at radius 1 is 0.314 bits per heavy atom. The molecule has 0 aliphatic heterocycles. The van der Waals surface area contributed by atoms with Gasteiger partial charge in [0.15, 0.2) is 0 Å². The van der Waals surface area contributed by atoms with Gasteiger partial charge in [0.25, 0.3) is 0 Å². The Morgan fingerprint density at radius 2 is 0.614 bits per heavy atom. The first-order valence-corrected chi connectivity index (χ1v) is 25.9. The third-order valence-corrected chi connectivity index (χ3v) is 16.9. The van der Waals surface area contributed by atoms with Crippen molar-refractivity contribution >= 4 is 130 Å². The highest BCUT2D eigenvalue weighted by Crippen LogP contribution is 2.56. The molecule has 15 rings (SSSR count). The topological polar surface area (TPSA) is 9.86 Å². The number of nitrogens with zero attached hydrogens (tertiary/aromatic N) is 2. The van der Waals surface area contributed by atoms with Crippen LogP contribution in [0.4, 0.5) is 0 Å². The zero-order valence-corrected chi connectivity index (χ0v) is 42.2. The lowest BCUT2D eigenvalue weighted by Gasteiger charge is -2.22. The van der Waals surface area contributed by atoms with E-state index in [0.29, 0.717) is 11.8 Å². The van der Waals surface area contributed by atoms with Gasteiger partial charge < -0.3 is 9.13 Å². The van der Waals surface area contributed by atoms with Crippen LogP contribution >= 0.6 is 0 Å². The molecule has 15 aromatic rings. The molecule has 2 heteroatoms. The molecule has 0 atom stereocenters. The predicted octanol–water partition coefficient (Wildman–Crippen LogP) is 19.6. The van der Waals surface area contributed by atoms with E-state index in [1.165, 1.54) is 163 Å². The monoisotopic (exact) mass is 902 g/mol. The molecule has 2 nitrogen and oxygen atoms in total. The normalized spacial score (nSPS) is 13.7. The third kappa shape index (κ3) is 5.09. The summed E-state index contributed by atoms with van der Waals surface area (Å²) in [5.41, 5.74) is 13.5. The molecule has 70 heavy (non-hydrogen) atoms. The van der Waals surface area contributed by atoms with Crippen LogP contribution in [-0.4, -0.2) is 9.13 Å². The lowest BCUT2D eigenvalue weighted by molar-refractivity contribution is 0.545. The second kappa shape index (κ2) is 13.4. The highest BCUT2D eigenvalue weighted by atomic mass is 15.0. The van der Waals surface area contributed by atoms with E-state index in [4.69, 9.17) is 0 Å². The number of hydrogen-bond donors (Lipinski definition) is 0. The minimum absolute atomic E-state index is 0.0940. The molecule has 0 N–H and O–H groups in total. The summed E-state index contributed by atoms with van der Waals surface area (Å²) in [5, 5.41) is 27.7. The summed E-state index contributed by atoms with van der Waals surface area (Å²) < 4.78 is 5.42. The lowest BCUT2D eigenvalue weighted by atomic mass is 9.81. The molecular weight excluding hydrogens is 845 g/mol. The molecule has 2 heterocycles. The average molecular weight is 903 g/mol. The van der Waals surface area contributed by atoms with E-state index in [1.54, 1.807) is 0 Å². The summed E-state index contributed by atoms with van der Waals surface area (Å²) in [5.74, 6) is 0.930. The highest BCUT2D eigenvalue weighted by molar-refractivity contribution is 6.51. The quantitative estimate of drug-likeness (QED) is 0.116. The molecule has 0 fully saturated rings. The summed E-state index contributed by atoms with van der Waals surface area (Å²) in [6.45, 7) is 25.3. The van der Waals surface area contributed by atoms with Gasteiger partial charge in [0.05, 0.1) is 22.1 Å². The van der Waals surface area contributed by atoms with Gasteiger partial charge >= 0.3 is 0 Å². The van der Waals surface area contributed by atoms with Crippen LogP contribution < -0.4 is 0 Å². The SMILES string of the molecule is CC(C)Cn1c2cc(-c3ccc(C(C)(C)C)cc3)c3cccc4c5ccc6c7ccc8c9cccc%10c(-c%11ccc(C(C)(C)C)cc%11)cc%11c(c%109)c9c8c7c(cc9n%11CC(C)C)c7cc1c(c5c67)c2c34. The highest BCUT2D eigenvalue weighted by Gasteiger charge is 2.30. The van der Waals surface area contributed by atoms with Crippen molar-refractivity contribution in [2.24, 2.45) is 11.8 Å². The molecule has 13 aromatic carbocycles. The molecule has 0 bridgehead atoms. The molecule has 0 aliphatic carbocycles. The Hall–Kier alpha value is -7.16. The van der Waals surface area contributed by atoms with Gasteiger partial charge in [-0.1, -0.05) is 178 Å². The van der Waals surface area contributed by atoms with E-state index in [0.717, 1.165) is 13.1 Å². The van der Waals surface area contributed by atoms with E-state index in [9.17, 15) is 0 Å². The van der Waals surface area contributed by atoms with Crippen molar-refractivity contribution in [2.45, 2.75) is 93.2 Å². The lowest BCUT2D eigenvalue weighted by Crippen LogP contribution is -2.10. The third-order valence-electron chi connectivity index (χ3n) is 16.9. The standard InChI is InChI=1S/C68H58N2/c1-35(2)33-69-53-29-49(37-17-21-39(22-18-37)67(5,6)7)43-15-11-13-41-47-27-25-45-46-26-28-48-42-14-12-16-44-50(38-19-23-40(24-20-38)68(8,9)10)30-54-64(58(42)44)66-56(70(54)34-36(3)4)32-52(60(46)62(48)66)51-31-55(69)65(61(47)59(45)51)63(53)57(41)43/h11-32,35-36H,33-34H2,1-10H3. The van der Waals surface area contributed by atoms with Crippen LogP contribution in [0.5, 0.6) is 0 Å². The van der Waals surface area contributed by atoms with Crippen molar-refractivity contribution < 1.29 is 0 Å². The second-order valence-electron chi connectivity index (χ2n) is 24.2. The Balaban J connectivity index is 1.12. The Morgan fingerprint density at radius 3 is 0.971 bits per heavy atom. The second-order valence-corrected chi connectivity index (χ2v) is 24.2.